The minimum Gasteiger partial charge on any atom is -0.338 e. The van der Waals surface area contributed by atoms with Crippen LogP contribution < -0.4 is 4.90 Å². The Kier molecular flexibility index (Phi) is 5.02. The fourth-order valence-corrected chi connectivity index (χ4v) is 4.38. The van der Waals surface area contributed by atoms with Gasteiger partial charge in [-0.15, -0.1) is 0 Å². The normalized spacial score (nSPS) is 22.7. The first kappa shape index (κ1) is 17.2. The molecule has 3 nitrogen and oxygen atoms in total. The summed E-state index contributed by atoms with van der Waals surface area (Å²) in [5.41, 5.74) is 3.40. The van der Waals surface area contributed by atoms with Crippen LogP contribution in [0.4, 0.5) is 4.39 Å². The molecule has 1 saturated heterocycles. The summed E-state index contributed by atoms with van der Waals surface area (Å²) >= 11 is 0. The van der Waals surface area contributed by atoms with Crippen molar-refractivity contribution in [3.63, 3.8) is 0 Å². The Morgan fingerprint density at radius 2 is 1.88 bits per heavy atom. The molecule has 2 heterocycles. The van der Waals surface area contributed by atoms with E-state index < -0.39 is 0 Å². The highest BCUT2D eigenvalue weighted by molar-refractivity contribution is 5.79. The molecule has 2 atom stereocenters. The van der Waals surface area contributed by atoms with E-state index in [1.54, 1.807) is 6.07 Å². The van der Waals surface area contributed by atoms with Crippen LogP contribution in [0.2, 0.25) is 0 Å². The number of likely N-dealkylation sites (tertiary alicyclic amines) is 1. The van der Waals surface area contributed by atoms with Crippen LogP contribution in [0.5, 0.6) is 0 Å². The number of halogens is 1. The zero-order valence-electron chi connectivity index (χ0n) is 15.1. The lowest BCUT2D eigenvalue weighted by molar-refractivity contribution is -0.921. The van der Waals surface area contributed by atoms with Crippen molar-refractivity contribution in [2.45, 2.75) is 32.4 Å². The minimum atomic E-state index is -0.138. The van der Waals surface area contributed by atoms with Gasteiger partial charge in [0, 0.05) is 18.7 Å². The topological polar surface area (TPSA) is 24.8 Å². The Bertz CT molecular complexity index is 791. The van der Waals surface area contributed by atoms with Gasteiger partial charge in [0.15, 0.2) is 0 Å². The molecule has 2 unspecified atom stereocenters. The summed E-state index contributed by atoms with van der Waals surface area (Å²) in [6.07, 6.45) is 2.93. The van der Waals surface area contributed by atoms with Crippen molar-refractivity contribution in [1.29, 1.82) is 0 Å². The van der Waals surface area contributed by atoms with E-state index in [4.69, 9.17) is 0 Å². The summed E-state index contributed by atoms with van der Waals surface area (Å²) in [7, 11) is 0. The van der Waals surface area contributed by atoms with Crippen LogP contribution >= 0.6 is 0 Å². The smallest absolute Gasteiger partial charge is 0.231 e. The van der Waals surface area contributed by atoms with Gasteiger partial charge >= 0.3 is 0 Å². The number of amides is 1. The lowest BCUT2D eigenvalue weighted by Gasteiger charge is -2.35. The Hall–Kier alpha value is -2.20. The van der Waals surface area contributed by atoms with Crippen molar-refractivity contribution in [3.05, 3.63) is 71.0 Å². The van der Waals surface area contributed by atoms with Gasteiger partial charge in [0.2, 0.25) is 5.91 Å². The number of hydrogen-bond donors (Lipinski definition) is 1. The molecule has 0 spiro atoms. The first-order valence-corrected chi connectivity index (χ1v) is 9.63. The highest BCUT2D eigenvalue weighted by atomic mass is 19.1. The van der Waals surface area contributed by atoms with Gasteiger partial charge in [-0.3, -0.25) is 4.79 Å². The van der Waals surface area contributed by atoms with E-state index in [9.17, 15) is 9.18 Å². The average molecular weight is 353 g/mol. The van der Waals surface area contributed by atoms with Crippen molar-refractivity contribution in [2.75, 3.05) is 19.6 Å². The minimum absolute atomic E-state index is 0.0655. The molecule has 0 radical (unpaired) electrons. The number of rotatable bonds is 3. The number of carbonyl (C=O) groups excluding carboxylic acids is 1. The zero-order valence-corrected chi connectivity index (χ0v) is 15.1. The van der Waals surface area contributed by atoms with Crippen molar-refractivity contribution >= 4 is 5.91 Å². The summed E-state index contributed by atoms with van der Waals surface area (Å²) in [5, 5.41) is 0. The van der Waals surface area contributed by atoms with Gasteiger partial charge in [0.05, 0.1) is 19.0 Å². The summed E-state index contributed by atoms with van der Waals surface area (Å²) in [6.45, 7) is 4.04. The first-order chi connectivity index (χ1) is 12.7. The lowest BCUT2D eigenvalue weighted by Crippen LogP contribution is -3.12. The first-order valence-electron chi connectivity index (χ1n) is 9.63. The van der Waals surface area contributed by atoms with E-state index in [1.165, 1.54) is 22.1 Å². The SMILES string of the molecule is O=C(C1CCC[NH+](Cc2ccccc2F)C1)N1CCc2ccccc2C1. The van der Waals surface area contributed by atoms with Crippen molar-refractivity contribution < 1.29 is 14.1 Å². The fourth-order valence-electron chi connectivity index (χ4n) is 4.38. The summed E-state index contributed by atoms with van der Waals surface area (Å²) < 4.78 is 13.9. The third kappa shape index (κ3) is 3.65. The molecule has 0 saturated carbocycles. The van der Waals surface area contributed by atoms with Gasteiger partial charge < -0.3 is 9.80 Å². The monoisotopic (exact) mass is 353 g/mol. The Morgan fingerprint density at radius 1 is 1.12 bits per heavy atom. The van der Waals surface area contributed by atoms with Crippen molar-refractivity contribution in [3.8, 4) is 0 Å². The second-order valence-corrected chi connectivity index (χ2v) is 7.59. The van der Waals surface area contributed by atoms with E-state index in [0.29, 0.717) is 6.54 Å². The quantitative estimate of drug-likeness (QED) is 0.899. The van der Waals surface area contributed by atoms with Crippen LogP contribution in [0.15, 0.2) is 48.5 Å². The zero-order chi connectivity index (χ0) is 17.9. The van der Waals surface area contributed by atoms with Gasteiger partial charge in [-0.2, -0.15) is 0 Å². The van der Waals surface area contributed by atoms with Gasteiger partial charge in [-0.25, -0.2) is 4.39 Å². The van der Waals surface area contributed by atoms with Crippen molar-refractivity contribution in [1.82, 2.24) is 4.90 Å². The molecule has 136 valence electrons. The molecule has 1 fully saturated rings. The highest BCUT2D eigenvalue weighted by Gasteiger charge is 2.33. The van der Waals surface area contributed by atoms with E-state index in [1.807, 2.05) is 23.1 Å². The van der Waals surface area contributed by atoms with Crippen LogP contribution in [0.25, 0.3) is 0 Å². The van der Waals surface area contributed by atoms with E-state index in [-0.39, 0.29) is 17.6 Å². The molecular weight excluding hydrogens is 327 g/mol. The van der Waals surface area contributed by atoms with E-state index in [2.05, 4.69) is 18.2 Å². The molecule has 1 N–H and O–H groups in total. The lowest BCUT2D eigenvalue weighted by atomic mass is 9.93. The summed E-state index contributed by atoms with van der Waals surface area (Å²) in [6, 6.07) is 15.4. The molecule has 4 rings (SSSR count). The number of benzene rings is 2. The molecule has 26 heavy (non-hydrogen) atoms. The predicted molar refractivity (Wildman–Crippen MR) is 99.1 cm³/mol. The molecule has 2 aromatic carbocycles. The standard InChI is InChI=1S/C22H25FN2O/c23-21-10-4-3-8-19(21)14-24-12-5-9-20(15-24)22(26)25-13-11-17-6-1-2-7-18(17)16-25/h1-4,6-8,10,20H,5,9,11-16H2/p+1. The largest absolute Gasteiger partial charge is 0.338 e. The third-order valence-corrected chi connectivity index (χ3v) is 5.81. The van der Waals surface area contributed by atoms with Crippen LogP contribution in [-0.4, -0.2) is 30.4 Å². The molecule has 2 aromatic rings. The Labute approximate surface area is 154 Å². The maximum atomic E-state index is 13.9. The second-order valence-electron chi connectivity index (χ2n) is 7.59. The number of hydrogen-bond acceptors (Lipinski definition) is 1. The molecule has 1 amide bonds. The maximum Gasteiger partial charge on any atom is 0.231 e. The fraction of sp³-hybridized carbons (Fsp3) is 0.409. The van der Waals surface area contributed by atoms with Gasteiger partial charge in [0.1, 0.15) is 12.4 Å². The maximum absolute atomic E-state index is 13.9. The van der Waals surface area contributed by atoms with Crippen LogP contribution in [0.1, 0.15) is 29.5 Å². The Balaban J connectivity index is 1.40. The molecule has 4 heteroatoms. The molecule has 2 aliphatic heterocycles. The van der Waals surface area contributed by atoms with Crippen LogP contribution in [0, 0.1) is 11.7 Å². The molecule has 2 aliphatic rings. The number of piperidine rings is 1. The van der Waals surface area contributed by atoms with Gasteiger partial charge in [0.25, 0.3) is 0 Å². The highest BCUT2D eigenvalue weighted by Crippen LogP contribution is 2.21. The number of quaternary nitrogens is 1. The summed E-state index contributed by atoms with van der Waals surface area (Å²) in [4.78, 5) is 16.4. The number of nitrogens with one attached hydrogen (secondary N) is 1. The van der Waals surface area contributed by atoms with Crippen LogP contribution in [0.3, 0.4) is 0 Å². The number of fused-ring (bicyclic) bond motifs is 1. The van der Waals surface area contributed by atoms with Crippen molar-refractivity contribution in [2.24, 2.45) is 5.92 Å². The predicted octanol–water partition coefficient (Wildman–Crippen LogP) is 2.21. The van der Waals surface area contributed by atoms with E-state index >= 15 is 0 Å². The Morgan fingerprint density at radius 3 is 2.73 bits per heavy atom. The molecule has 0 aliphatic carbocycles. The third-order valence-electron chi connectivity index (χ3n) is 5.81. The second kappa shape index (κ2) is 7.58. The van der Waals surface area contributed by atoms with E-state index in [0.717, 1.165) is 51.0 Å². The molecular formula is C22H26FN2O+. The molecule has 0 aromatic heterocycles. The number of carbonyl (C=O) groups is 1. The van der Waals surface area contributed by atoms with Crippen LogP contribution in [-0.2, 0) is 24.3 Å². The van der Waals surface area contributed by atoms with Gasteiger partial charge in [-0.05, 0) is 36.5 Å². The summed E-state index contributed by atoms with van der Waals surface area (Å²) in [5.74, 6) is 0.210. The van der Waals surface area contributed by atoms with Gasteiger partial charge in [-0.1, -0.05) is 42.5 Å². The molecule has 0 bridgehead atoms. The average Bonchev–Trinajstić information content (AvgIpc) is 2.69. The number of nitrogens with zero attached hydrogens (tertiary/aromatic N) is 1.